The van der Waals surface area contributed by atoms with E-state index in [0.29, 0.717) is 21.3 Å². The molecule has 3 aromatic rings. The smallest absolute Gasteiger partial charge is 0.257 e. The number of amides is 1. The van der Waals surface area contributed by atoms with Crippen LogP contribution in [0.1, 0.15) is 21.5 Å². The molecule has 0 spiro atoms. The van der Waals surface area contributed by atoms with Gasteiger partial charge in [-0.2, -0.15) is 0 Å². The third-order valence-corrected chi connectivity index (χ3v) is 4.96. The highest BCUT2D eigenvalue weighted by atomic mass is 35.5. The number of aryl methyl sites for hydroxylation is 1. The Morgan fingerprint density at radius 3 is 2.35 bits per heavy atom. The maximum atomic E-state index is 12.7. The van der Waals surface area contributed by atoms with Crippen molar-refractivity contribution in [2.24, 2.45) is 0 Å². The molecule has 3 nitrogen and oxygen atoms in total. The van der Waals surface area contributed by atoms with Crippen molar-refractivity contribution in [2.75, 3.05) is 10.6 Å². The number of hydrogen-bond donors (Lipinski definition) is 2. The molecule has 0 unspecified atom stereocenters. The van der Waals surface area contributed by atoms with Crippen LogP contribution in [0.15, 0.2) is 60.7 Å². The first-order chi connectivity index (χ1) is 12.5. The van der Waals surface area contributed by atoms with Gasteiger partial charge in [0, 0.05) is 11.4 Å². The highest BCUT2D eigenvalue weighted by Gasteiger charge is 2.13. The summed E-state index contributed by atoms with van der Waals surface area (Å²) < 4.78 is 0. The van der Waals surface area contributed by atoms with Crippen molar-refractivity contribution in [3.63, 3.8) is 0 Å². The molecule has 0 heterocycles. The minimum Gasteiger partial charge on any atom is -0.355 e. The van der Waals surface area contributed by atoms with Gasteiger partial charge in [0.1, 0.15) is 0 Å². The van der Waals surface area contributed by atoms with Crippen LogP contribution in [0, 0.1) is 13.8 Å². The molecule has 0 atom stereocenters. The molecule has 1 amide bonds. The third-order valence-electron chi connectivity index (χ3n) is 4.22. The van der Waals surface area contributed by atoms with E-state index in [1.165, 1.54) is 5.56 Å². The first-order valence-electron chi connectivity index (χ1n) is 8.14. The summed E-state index contributed by atoms with van der Waals surface area (Å²) >= 11 is 11.9. The molecule has 0 saturated carbocycles. The summed E-state index contributed by atoms with van der Waals surface area (Å²) in [6.07, 6.45) is 0. The van der Waals surface area contributed by atoms with Gasteiger partial charge in [-0.3, -0.25) is 4.79 Å². The lowest BCUT2D eigenvalue weighted by Gasteiger charge is -2.15. The van der Waals surface area contributed by atoms with E-state index >= 15 is 0 Å². The molecule has 0 aliphatic heterocycles. The van der Waals surface area contributed by atoms with Gasteiger partial charge in [-0.15, -0.1) is 0 Å². The lowest BCUT2D eigenvalue weighted by Crippen LogP contribution is -2.14. The summed E-state index contributed by atoms with van der Waals surface area (Å²) in [4.78, 5) is 12.7. The van der Waals surface area contributed by atoms with Crippen LogP contribution in [0.5, 0.6) is 0 Å². The molecular weight excluding hydrogens is 367 g/mol. The van der Waals surface area contributed by atoms with Gasteiger partial charge >= 0.3 is 0 Å². The average Bonchev–Trinajstić information content (AvgIpc) is 2.62. The Morgan fingerprint density at radius 2 is 1.58 bits per heavy atom. The number of rotatable bonds is 4. The summed E-state index contributed by atoms with van der Waals surface area (Å²) in [6, 6.07) is 18.4. The molecule has 3 aromatic carbocycles. The predicted molar refractivity (Wildman–Crippen MR) is 110 cm³/mol. The second-order valence-corrected chi connectivity index (χ2v) is 6.82. The van der Waals surface area contributed by atoms with Gasteiger partial charge in [0.15, 0.2) is 0 Å². The highest BCUT2D eigenvalue weighted by Crippen LogP contribution is 2.28. The Morgan fingerprint density at radius 1 is 0.846 bits per heavy atom. The summed E-state index contributed by atoms with van der Waals surface area (Å²) in [5.74, 6) is -0.225. The topological polar surface area (TPSA) is 41.1 Å². The molecule has 0 bridgehead atoms. The van der Waals surface area contributed by atoms with Gasteiger partial charge in [-0.05, 0) is 61.4 Å². The van der Waals surface area contributed by atoms with E-state index in [2.05, 4.69) is 30.5 Å². The Hall–Kier alpha value is -2.49. The van der Waals surface area contributed by atoms with Gasteiger partial charge < -0.3 is 10.6 Å². The van der Waals surface area contributed by atoms with Crippen LogP contribution in [-0.2, 0) is 0 Å². The molecular formula is C21H18Cl2N2O. The molecule has 5 heteroatoms. The normalized spacial score (nSPS) is 10.5. The maximum Gasteiger partial charge on any atom is 0.257 e. The van der Waals surface area contributed by atoms with E-state index in [1.807, 2.05) is 30.3 Å². The van der Waals surface area contributed by atoms with Crippen LogP contribution in [0.2, 0.25) is 10.0 Å². The Bertz CT molecular complexity index is 970. The maximum absolute atomic E-state index is 12.7. The summed E-state index contributed by atoms with van der Waals surface area (Å²) in [7, 11) is 0. The molecule has 0 aliphatic carbocycles. The zero-order valence-corrected chi connectivity index (χ0v) is 15.9. The zero-order valence-electron chi connectivity index (χ0n) is 14.4. The monoisotopic (exact) mass is 384 g/mol. The first kappa shape index (κ1) is 18.3. The van der Waals surface area contributed by atoms with Crippen LogP contribution in [0.3, 0.4) is 0 Å². The summed E-state index contributed by atoms with van der Waals surface area (Å²) in [5, 5.41) is 7.06. The fraction of sp³-hybridized carbons (Fsp3) is 0.0952. The van der Waals surface area contributed by atoms with Crippen molar-refractivity contribution < 1.29 is 4.79 Å². The molecule has 0 aromatic heterocycles. The summed E-state index contributed by atoms with van der Waals surface area (Å²) in [6.45, 7) is 4.11. The predicted octanol–water partition coefficient (Wildman–Crippen LogP) is 6.61. The second-order valence-electron chi connectivity index (χ2n) is 6.00. The lowest BCUT2D eigenvalue weighted by atomic mass is 10.1. The van der Waals surface area contributed by atoms with Crippen LogP contribution in [-0.4, -0.2) is 5.91 Å². The van der Waals surface area contributed by atoms with E-state index in [9.17, 15) is 4.79 Å². The molecule has 0 aliphatic rings. The molecule has 2 N–H and O–H groups in total. The Labute approximate surface area is 163 Å². The Kier molecular flexibility index (Phi) is 5.50. The number of carbonyl (C=O) groups excluding carboxylic acids is 1. The molecule has 0 radical (unpaired) electrons. The molecule has 26 heavy (non-hydrogen) atoms. The van der Waals surface area contributed by atoms with Crippen molar-refractivity contribution in [3.8, 4) is 0 Å². The van der Waals surface area contributed by atoms with Gasteiger partial charge in [0.2, 0.25) is 0 Å². The molecule has 0 saturated heterocycles. The van der Waals surface area contributed by atoms with Crippen molar-refractivity contribution in [1.29, 1.82) is 0 Å². The minimum atomic E-state index is -0.225. The van der Waals surface area contributed by atoms with Crippen molar-refractivity contribution in [2.45, 2.75) is 13.8 Å². The largest absolute Gasteiger partial charge is 0.355 e. The number of anilines is 3. The third kappa shape index (κ3) is 4.01. The first-order valence-corrected chi connectivity index (χ1v) is 8.90. The molecule has 0 fully saturated rings. The van der Waals surface area contributed by atoms with Crippen LogP contribution < -0.4 is 10.6 Å². The zero-order chi connectivity index (χ0) is 18.7. The van der Waals surface area contributed by atoms with E-state index in [0.717, 1.165) is 16.9 Å². The molecule has 132 valence electrons. The van der Waals surface area contributed by atoms with E-state index in [4.69, 9.17) is 23.2 Å². The van der Waals surface area contributed by atoms with Crippen LogP contribution >= 0.6 is 23.2 Å². The fourth-order valence-corrected chi connectivity index (χ4v) is 2.89. The standard InChI is InChI=1S/C21H18Cl2N2O/c1-13-6-5-9-19(14(13)2)25-20-8-4-3-7-16(20)21(26)24-15-10-11-17(22)18(23)12-15/h3-12,25H,1-2H3,(H,24,26). The number of halogens is 2. The van der Waals surface area contributed by atoms with Gasteiger partial charge in [-0.1, -0.05) is 47.5 Å². The van der Waals surface area contributed by atoms with Crippen molar-refractivity contribution in [1.82, 2.24) is 0 Å². The highest BCUT2D eigenvalue weighted by molar-refractivity contribution is 6.42. The van der Waals surface area contributed by atoms with Crippen molar-refractivity contribution >= 4 is 46.2 Å². The SMILES string of the molecule is Cc1cccc(Nc2ccccc2C(=O)Nc2ccc(Cl)c(Cl)c2)c1C. The number of hydrogen-bond acceptors (Lipinski definition) is 2. The number of benzene rings is 3. The number of nitrogens with one attached hydrogen (secondary N) is 2. The fourth-order valence-electron chi connectivity index (χ4n) is 2.59. The van der Waals surface area contributed by atoms with E-state index < -0.39 is 0 Å². The van der Waals surface area contributed by atoms with E-state index in [1.54, 1.807) is 24.3 Å². The van der Waals surface area contributed by atoms with Gasteiger partial charge in [0.05, 0.1) is 21.3 Å². The number of carbonyl (C=O) groups is 1. The van der Waals surface area contributed by atoms with Crippen molar-refractivity contribution in [3.05, 3.63) is 87.4 Å². The lowest BCUT2D eigenvalue weighted by molar-refractivity contribution is 0.102. The Balaban J connectivity index is 1.87. The van der Waals surface area contributed by atoms with E-state index in [-0.39, 0.29) is 5.91 Å². The number of para-hydroxylation sites is 1. The van der Waals surface area contributed by atoms with Gasteiger partial charge in [-0.25, -0.2) is 0 Å². The average molecular weight is 385 g/mol. The van der Waals surface area contributed by atoms with Crippen LogP contribution in [0.25, 0.3) is 0 Å². The quantitative estimate of drug-likeness (QED) is 0.531. The van der Waals surface area contributed by atoms with Crippen LogP contribution in [0.4, 0.5) is 17.1 Å². The van der Waals surface area contributed by atoms with Gasteiger partial charge in [0.25, 0.3) is 5.91 Å². The molecule has 3 rings (SSSR count). The minimum absolute atomic E-state index is 0.225. The second kappa shape index (κ2) is 7.81. The summed E-state index contributed by atoms with van der Waals surface area (Å²) in [5.41, 5.74) is 5.17.